The number of piperidine rings is 1. The van der Waals surface area contributed by atoms with Gasteiger partial charge in [0.05, 0.1) is 14.2 Å². The minimum absolute atomic E-state index is 0.0540. The molecule has 0 atom stereocenters. The van der Waals surface area contributed by atoms with Crippen LogP contribution < -0.4 is 14.2 Å². The van der Waals surface area contributed by atoms with Gasteiger partial charge in [-0.25, -0.2) is 0 Å². The Labute approximate surface area is 231 Å². The van der Waals surface area contributed by atoms with E-state index in [2.05, 4.69) is 36.2 Å². The molecule has 0 aliphatic carbocycles. The topological polar surface area (TPSA) is 48.0 Å². The van der Waals surface area contributed by atoms with Crippen LogP contribution in [0, 0.1) is 0 Å². The van der Waals surface area contributed by atoms with Crippen LogP contribution in [-0.2, 0) is 6.42 Å². The lowest BCUT2D eigenvalue weighted by atomic mass is 9.96. The van der Waals surface area contributed by atoms with Crippen molar-refractivity contribution in [1.82, 2.24) is 4.90 Å². The molecule has 0 saturated carbocycles. The van der Waals surface area contributed by atoms with Crippen molar-refractivity contribution in [3.05, 3.63) is 102 Å². The maximum atomic E-state index is 13.4. The molecule has 1 heterocycles. The highest BCUT2D eigenvalue weighted by atomic mass is 16.5. The molecule has 1 fully saturated rings. The lowest BCUT2D eigenvalue weighted by molar-refractivity contribution is 0.0993. The molecule has 5 nitrogen and oxygen atoms in total. The second-order valence-electron chi connectivity index (χ2n) is 10.1. The van der Waals surface area contributed by atoms with Gasteiger partial charge in [-0.3, -0.25) is 4.79 Å². The molecule has 0 N–H and O–H groups in total. The van der Waals surface area contributed by atoms with E-state index in [1.165, 1.54) is 0 Å². The van der Waals surface area contributed by atoms with E-state index >= 15 is 0 Å². The Bertz CT molecular complexity index is 1440. The summed E-state index contributed by atoms with van der Waals surface area (Å²) in [5.41, 5.74) is 5.56. The Kier molecular flexibility index (Phi) is 8.28. The number of benzene rings is 4. The number of Topliss-reactive ketones (excluding diaryl/α,β-unsaturated/α-hetero) is 1. The Morgan fingerprint density at radius 1 is 0.769 bits per heavy atom. The fourth-order valence-corrected chi connectivity index (χ4v) is 5.09. The SMILES string of the molecule is COc1cccc(-c2cc(C(=O)Cc3cccc(-c4cccc(OC5CCN(C)CC5)c4)c3)ccc2OC)c1. The van der Waals surface area contributed by atoms with Crippen LogP contribution in [0.1, 0.15) is 28.8 Å². The number of carbonyl (C=O) groups excluding carboxylic acids is 1. The average molecular weight is 522 g/mol. The summed E-state index contributed by atoms with van der Waals surface area (Å²) in [6.07, 6.45) is 2.66. The maximum Gasteiger partial charge on any atom is 0.167 e. The number of ether oxygens (including phenoxy) is 3. The lowest BCUT2D eigenvalue weighted by Crippen LogP contribution is -2.35. The summed E-state index contributed by atoms with van der Waals surface area (Å²) in [4.78, 5) is 15.7. The van der Waals surface area contributed by atoms with E-state index in [1.807, 2.05) is 66.7 Å². The highest BCUT2D eigenvalue weighted by Gasteiger charge is 2.18. The molecule has 200 valence electrons. The summed E-state index contributed by atoms with van der Waals surface area (Å²) in [6, 6.07) is 29.8. The second-order valence-corrected chi connectivity index (χ2v) is 10.1. The predicted octanol–water partition coefficient (Wildman–Crippen LogP) is 6.94. The lowest BCUT2D eigenvalue weighted by Gasteiger charge is -2.29. The zero-order valence-electron chi connectivity index (χ0n) is 22.9. The van der Waals surface area contributed by atoms with Gasteiger partial charge in [0.25, 0.3) is 0 Å². The molecule has 39 heavy (non-hydrogen) atoms. The van der Waals surface area contributed by atoms with Gasteiger partial charge >= 0.3 is 0 Å². The van der Waals surface area contributed by atoms with E-state index in [0.717, 1.165) is 65.2 Å². The molecule has 0 unspecified atom stereocenters. The zero-order valence-corrected chi connectivity index (χ0v) is 22.9. The number of hydrogen-bond acceptors (Lipinski definition) is 5. The average Bonchev–Trinajstić information content (AvgIpc) is 2.98. The van der Waals surface area contributed by atoms with Crippen LogP contribution in [0.4, 0.5) is 0 Å². The first-order valence-electron chi connectivity index (χ1n) is 13.4. The van der Waals surface area contributed by atoms with Crippen molar-refractivity contribution < 1.29 is 19.0 Å². The van der Waals surface area contributed by atoms with E-state index in [1.54, 1.807) is 14.2 Å². The molecule has 4 aromatic rings. The normalized spacial score (nSPS) is 14.1. The molecule has 1 aliphatic heterocycles. The summed E-state index contributed by atoms with van der Waals surface area (Å²) < 4.78 is 17.3. The fraction of sp³-hybridized carbons (Fsp3) is 0.265. The van der Waals surface area contributed by atoms with E-state index < -0.39 is 0 Å². The molecule has 0 aromatic heterocycles. The second kappa shape index (κ2) is 12.2. The third-order valence-corrected chi connectivity index (χ3v) is 7.33. The van der Waals surface area contributed by atoms with Crippen molar-refractivity contribution >= 4 is 5.78 Å². The number of methoxy groups -OCH3 is 2. The predicted molar refractivity (Wildman–Crippen MR) is 156 cm³/mol. The van der Waals surface area contributed by atoms with Crippen molar-refractivity contribution in [3.63, 3.8) is 0 Å². The molecule has 5 rings (SSSR count). The Morgan fingerprint density at radius 2 is 1.44 bits per heavy atom. The minimum atomic E-state index is 0.0540. The number of likely N-dealkylation sites (tertiary alicyclic amines) is 1. The first kappa shape index (κ1) is 26.5. The first-order chi connectivity index (χ1) is 19.0. The number of hydrogen-bond donors (Lipinski definition) is 0. The van der Waals surface area contributed by atoms with Gasteiger partial charge in [0.1, 0.15) is 23.4 Å². The van der Waals surface area contributed by atoms with Crippen molar-refractivity contribution in [2.75, 3.05) is 34.4 Å². The van der Waals surface area contributed by atoms with Gasteiger partial charge in [0.15, 0.2) is 5.78 Å². The van der Waals surface area contributed by atoms with Crippen LogP contribution in [0.5, 0.6) is 17.2 Å². The maximum absolute atomic E-state index is 13.4. The first-order valence-corrected chi connectivity index (χ1v) is 13.4. The molecular weight excluding hydrogens is 486 g/mol. The quantitative estimate of drug-likeness (QED) is 0.223. The van der Waals surface area contributed by atoms with E-state index in [0.29, 0.717) is 17.7 Å². The van der Waals surface area contributed by atoms with E-state index in [9.17, 15) is 4.79 Å². The Balaban J connectivity index is 1.33. The van der Waals surface area contributed by atoms with Crippen molar-refractivity contribution in [2.24, 2.45) is 0 Å². The molecule has 4 aromatic carbocycles. The molecule has 0 radical (unpaired) electrons. The number of carbonyl (C=O) groups is 1. The van der Waals surface area contributed by atoms with Crippen LogP contribution in [0.25, 0.3) is 22.3 Å². The summed E-state index contributed by atoms with van der Waals surface area (Å²) in [5, 5.41) is 0. The summed E-state index contributed by atoms with van der Waals surface area (Å²) in [7, 11) is 5.44. The van der Waals surface area contributed by atoms with Gasteiger partial charge < -0.3 is 19.1 Å². The van der Waals surface area contributed by atoms with Crippen LogP contribution in [0.15, 0.2) is 91.0 Å². The molecule has 0 bridgehead atoms. The van der Waals surface area contributed by atoms with Gasteiger partial charge in [-0.05, 0) is 84.6 Å². The minimum Gasteiger partial charge on any atom is -0.497 e. The highest BCUT2D eigenvalue weighted by molar-refractivity contribution is 5.99. The third kappa shape index (κ3) is 6.50. The highest BCUT2D eigenvalue weighted by Crippen LogP contribution is 2.33. The molecule has 1 aliphatic rings. The zero-order chi connectivity index (χ0) is 27.2. The standard InChI is InChI=1S/C34H35NO4/c1-35-17-15-29(16-18-35)39-31-12-5-9-26(21-31)25-8-4-7-24(19-25)20-33(36)28-13-14-34(38-3)32(23-28)27-10-6-11-30(22-27)37-2/h4-14,19,21-23,29H,15-18,20H2,1-3H3. The van der Waals surface area contributed by atoms with Gasteiger partial charge in [-0.2, -0.15) is 0 Å². The van der Waals surface area contributed by atoms with Crippen LogP contribution in [0.2, 0.25) is 0 Å². The summed E-state index contributed by atoms with van der Waals surface area (Å²) >= 11 is 0. The number of nitrogens with zero attached hydrogens (tertiary/aromatic N) is 1. The molecular formula is C34H35NO4. The summed E-state index contributed by atoms with van der Waals surface area (Å²) in [6.45, 7) is 2.13. The van der Waals surface area contributed by atoms with Crippen molar-refractivity contribution in [1.29, 1.82) is 0 Å². The number of ketones is 1. The Hall–Kier alpha value is -4.09. The molecule has 1 saturated heterocycles. The number of rotatable bonds is 9. The van der Waals surface area contributed by atoms with Crippen molar-refractivity contribution in [3.8, 4) is 39.5 Å². The smallest absolute Gasteiger partial charge is 0.167 e. The van der Waals surface area contributed by atoms with Gasteiger partial charge in [-0.15, -0.1) is 0 Å². The van der Waals surface area contributed by atoms with Crippen LogP contribution in [0.3, 0.4) is 0 Å². The van der Waals surface area contributed by atoms with Crippen LogP contribution in [-0.4, -0.2) is 51.1 Å². The largest absolute Gasteiger partial charge is 0.497 e. The molecule has 5 heteroatoms. The van der Waals surface area contributed by atoms with Crippen molar-refractivity contribution in [2.45, 2.75) is 25.4 Å². The van der Waals surface area contributed by atoms with Gasteiger partial charge in [0, 0.05) is 30.6 Å². The third-order valence-electron chi connectivity index (χ3n) is 7.33. The monoisotopic (exact) mass is 521 g/mol. The van der Waals surface area contributed by atoms with E-state index in [-0.39, 0.29) is 11.9 Å². The molecule has 0 spiro atoms. The summed E-state index contributed by atoms with van der Waals surface area (Å²) in [5.74, 6) is 2.41. The fourth-order valence-electron chi connectivity index (χ4n) is 5.09. The Morgan fingerprint density at radius 3 is 2.18 bits per heavy atom. The van der Waals surface area contributed by atoms with E-state index in [4.69, 9.17) is 14.2 Å². The molecule has 0 amide bonds. The van der Waals surface area contributed by atoms with Gasteiger partial charge in [-0.1, -0.05) is 48.5 Å². The van der Waals surface area contributed by atoms with Gasteiger partial charge in [0.2, 0.25) is 0 Å². The van der Waals surface area contributed by atoms with Crippen LogP contribution >= 0.6 is 0 Å².